The van der Waals surface area contributed by atoms with E-state index in [1.54, 1.807) is 21.8 Å². The Bertz CT molecular complexity index is 437. The molecule has 1 aromatic heterocycles. The van der Waals surface area contributed by atoms with E-state index in [9.17, 15) is 8.42 Å². The number of aliphatic hydroxyl groups is 1. The molecule has 1 aliphatic rings. The van der Waals surface area contributed by atoms with Crippen LogP contribution < -0.4 is 0 Å². The van der Waals surface area contributed by atoms with Gasteiger partial charge in [0.15, 0.2) is 0 Å². The summed E-state index contributed by atoms with van der Waals surface area (Å²) in [7, 11) is -3.30. The Morgan fingerprint density at radius 1 is 1.41 bits per heavy atom. The minimum absolute atomic E-state index is 0.123. The number of hydrogen-bond acceptors (Lipinski definition) is 4. The lowest BCUT2D eigenvalue weighted by Gasteiger charge is -2.20. The van der Waals surface area contributed by atoms with Gasteiger partial charge in [0, 0.05) is 19.2 Å². The topological polar surface area (TPSA) is 57.6 Å². The fraction of sp³-hybridized carbons (Fsp3) is 0.636. The van der Waals surface area contributed by atoms with Gasteiger partial charge in [0.1, 0.15) is 4.21 Å². The van der Waals surface area contributed by atoms with Crippen LogP contribution in [0.5, 0.6) is 0 Å². The molecule has 6 heteroatoms. The molecule has 1 saturated carbocycles. The predicted octanol–water partition coefficient (Wildman–Crippen LogP) is 1.67. The third kappa shape index (κ3) is 3.07. The summed E-state index contributed by atoms with van der Waals surface area (Å²) in [6, 6.07) is 3.60. The van der Waals surface area contributed by atoms with E-state index in [1.807, 2.05) is 0 Å². The standard InChI is InChI=1S/C11H17NO3S2/c13-8-2-1-7-12(10-5-6-10)17(14,15)11-4-3-9-16-11/h3-4,9-10,13H,1-2,5-8H2. The Kier molecular flexibility index (Phi) is 4.19. The molecule has 0 radical (unpaired) electrons. The van der Waals surface area contributed by atoms with Crippen molar-refractivity contribution in [3.63, 3.8) is 0 Å². The van der Waals surface area contributed by atoms with Crippen LogP contribution in [0.25, 0.3) is 0 Å². The molecular weight excluding hydrogens is 258 g/mol. The van der Waals surface area contributed by atoms with E-state index in [1.165, 1.54) is 11.3 Å². The van der Waals surface area contributed by atoms with Crippen molar-refractivity contribution in [3.05, 3.63) is 17.5 Å². The zero-order valence-corrected chi connectivity index (χ0v) is 11.2. The zero-order chi connectivity index (χ0) is 12.3. The lowest BCUT2D eigenvalue weighted by Crippen LogP contribution is -2.33. The third-order valence-corrected chi connectivity index (χ3v) is 6.12. The smallest absolute Gasteiger partial charge is 0.252 e. The second-order valence-corrected chi connectivity index (χ2v) is 7.27. The molecule has 0 amide bonds. The quantitative estimate of drug-likeness (QED) is 0.770. The highest BCUT2D eigenvalue weighted by molar-refractivity contribution is 7.91. The molecular formula is C11H17NO3S2. The molecule has 17 heavy (non-hydrogen) atoms. The van der Waals surface area contributed by atoms with Crippen LogP contribution in [0.2, 0.25) is 0 Å². The SMILES string of the molecule is O=S(=O)(c1cccs1)N(CCCCO)C1CC1. The van der Waals surface area contributed by atoms with Crippen LogP contribution in [0.1, 0.15) is 25.7 Å². The van der Waals surface area contributed by atoms with E-state index in [0.29, 0.717) is 17.2 Å². The van der Waals surface area contributed by atoms with Crippen LogP contribution >= 0.6 is 11.3 Å². The number of aliphatic hydroxyl groups excluding tert-OH is 1. The summed E-state index contributed by atoms with van der Waals surface area (Å²) >= 11 is 1.26. The predicted molar refractivity (Wildman–Crippen MR) is 67.6 cm³/mol. The van der Waals surface area contributed by atoms with Crippen LogP contribution in [-0.2, 0) is 10.0 Å². The fourth-order valence-electron chi connectivity index (χ4n) is 1.77. The number of hydrogen-bond donors (Lipinski definition) is 1. The minimum atomic E-state index is -3.30. The van der Waals surface area contributed by atoms with E-state index in [-0.39, 0.29) is 12.6 Å². The van der Waals surface area contributed by atoms with Gasteiger partial charge in [0.2, 0.25) is 0 Å². The van der Waals surface area contributed by atoms with Gasteiger partial charge in [-0.2, -0.15) is 4.31 Å². The zero-order valence-electron chi connectivity index (χ0n) is 9.58. The van der Waals surface area contributed by atoms with Gasteiger partial charge in [-0.1, -0.05) is 6.07 Å². The van der Waals surface area contributed by atoms with Gasteiger partial charge in [0.05, 0.1) is 0 Å². The average molecular weight is 275 g/mol. The van der Waals surface area contributed by atoms with Crippen LogP contribution in [0.3, 0.4) is 0 Å². The Balaban J connectivity index is 2.10. The molecule has 1 aliphatic carbocycles. The molecule has 4 nitrogen and oxygen atoms in total. The molecule has 96 valence electrons. The number of thiophene rings is 1. The van der Waals surface area contributed by atoms with E-state index in [0.717, 1.165) is 19.3 Å². The Hall–Kier alpha value is -0.430. The Morgan fingerprint density at radius 3 is 2.71 bits per heavy atom. The van der Waals surface area contributed by atoms with Crippen molar-refractivity contribution >= 4 is 21.4 Å². The number of nitrogens with zero attached hydrogens (tertiary/aromatic N) is 1. The van der Waals surface area contributed by atoms with Crippen LogP contribution in [-0.4, -0.2) is 37.0 Å². The van der Waals surface area contributed by atoms with Crippen molar-refractivity contribution in [2.45, 2.75) is 35.9 Å². The summed E-state index contributed by atoms with van der Waals surface area (Å²) < 4.78 is 26.7. The molecule has 1 heterocycles. The van der Waals surface area contributed by atoms with E-state index in [4.69, 9.17) is 5.11 Å². The van der Waals surface area contributed by atoms with Crippen LogP contribution in [0.4, 0.5) is 0 Å². The van der Waals surface area contributed by atoms with Crippen molar-refractivity contribution in [2.24, 2.45) is 0 Å². The van der Waals surface area contributed by atoms with E-state index >= 15 is 0 Å². The summed E-state index contributed by atoms with van der Waals surface area (Å²) in [4.78, 5) is 0. The fourth-order valence-corrected chi connectivity index (χ4v) is 4.61. The molecule has 1 fully saturated rings. The van der Waals surface area contributed by atoms with Gasteiger partial charge in [0.25, 0.3) is 10.0 Å². The molecule has 0 saturated heterocycles. The lowest BCUT2D eigenvalue weighted by molar-refractivity contribution is 0.275. The molecule has 0 aliphatic heterocycles. The molecule has 1 N–H and O–H groups in total. The maximum Gasteiger partial charge on any atom is 0.252 e. The first kappa shape index (κ1) is 13.0. The first-order chi connectivity index (χ1) is 8.16. The summed E-state index contributed by atoms with van der Waals surface area (Å²) in [5.74, 6) is 0. The van der Waals surface area contributed by atoms with Gasteiger partial charge in [-0.05, 0) is 37.1 Å². The van der Waals surface area contributed by atoms with E-state index in [2.05, 4.69) is 0 Å². The second-order valence-electron chi connectivity index (χ2n) is 4.21. The van der Waals surface area contributed by atoms with Gasteiger partial charge in [-0.15, -0.1) is 11.3 Å². The van der Waals surface area contributed by atoms with Gasteiger partial charge < -0.3 is 5.11 Å². The van der Waals surface area contributed by atoms with Gasteiger partial charge in [-0.3, -0.25) is 0 Å². The largest absolute Gasteiger partial charge is 0.396 e. The molecule has 0 atom stereocenters. The van der Waals surface area contributed by atoms with Crippen molar-refractivity contribution in [1.82, 2.24) is 4.31 Å². The molecule has 2 rings (SSSR count). The Labute approximate surface area is 106 Å². The summed E-state index contributed by atoms with van der Waals surface area (Å²) in [6.07, 6.45) is 3.30. The molecule has 1 aromatic rings. The van der Waals surface area contributed by atoms with Gasteiger partial charge >= 0.3 is 0 Å². The van der Waals surface area contributed by atoms with Crippen molar-refractivity contribution in [2.75, 3.05) is 13.2 Å². The highest BCUT2D eigenvalue weighted by Gasteiger charge is 2.37. The van der Waals surface area contributed by atoms with E-state index < -0.39 is 10.0 Å². The van der Waals surface area contributed by atoms with Crippen molar-refractivity contribution in [3.8, 4) is 0 Å². The highest BCUT2D eigenvalue weighted by Crippen LogP contribution is 2.33. The monoisotopic (exact) mass is 275 g/mol. The summed E-state index contributed by atoms with van der Waals surface area (Å²) in [6.45, 7) is 0.642. The molecule has 0 unspecified atom stereocenters. The molecule has 0 aromatic carbocycles. The maximum absolute atomic E-state index is 12.3. The molecule has 0 spiro atoms. The molecule has 0 bridgehead atoms. The van der Waals surface area contributed by atoms with Gasteiger partial charge in [-0.25, -0.2) is 8.42 Å². The number of sulfonamides is 1. The maximum atomic E-state index is 12.3. The van der Waals surface area contributed by atoms with Crippen LogP contribution in [0, 0.1) is 0 Å². The first-order valence-electron chi connectivity index (χ1n) is 5.82. The van der Waals surface area contributed by atoms with Crippen LogP contribution in [0.15, 0.2) is 21.7 Å². The van der Waals surface area contributed by atoms with Crippen molar-refractivity contribution in [1.29, 1.82) is 0 Å². The first-order valence-corrected chi connectivity index (χ1v) is 8.14. The highest BCUT2D eigenvalue weighted by atomic mass is 32.2. The average Bonchev–Trinajstić information content (AvgIpc) is 2.96. The summed E-state index contributed by atoms with van der Waals surface area (Å²) in [5.41, 5.74) is 0. The Morgan fingerprint density at radius 2 is 2.18 bits per heavy atom. The minimum Gasteiger partial charge on any atom is -0.396 e. The second kappa shape index (κ2) is 5.48. The number of unbranched alkanes of at least 4 members (excludes halogenated alkanes) is 1. The third-order valence-electron chi connectivity index (χ3n) is 2.80. The summed E-state index contributed by atoms with van der Waals surface area (Å²) in [5, 5.41) is 10.5. The normalized spacial score (nSPS) is 16.6. The lowest BCUT2D eigenvalue weighted by atomic mass is 10.3. The number of rotatable bonds is 7. The van der Waals surface area contributed by atoms with Crippen molar-refractivity contribution < 1.29 is 13.5 Å².